The molecule has 0 unspecified atom stereocenters. The molecule has 0 saturated heterocycles. The van der Waals surface area contributed by atoms with E-state index >= 15 is 0 Å². The van der Waals surface area contributed by atoms with Gasteiger partial charge >= 0.3 is 0 Å². The second-order valence-electron chi connectivity index (χ2n) is 2.64. The van der Waals surface area contributed by atoms with E-state index in [-0.39, 0.29) is 10.4 Å². The van der Waals surface area contributed by atoms with Crippen LogP contribution in [0.1, 0.15) is 5.56 Å². The highest BCUT2D eigenvalue weighted by Crippen LogP contribution is 2.35. The van der Waals surface area contributed by atoms with Crippen LogP contribution in [0.15, 0.2) is 28.8 Å². The van der Waals surface area contributed by atoms with E-state index in [0.717, 1.165) is 11.3 Å². The molecule has 1 N–H and O–H groups in total. The molecule has 2 rings (SSSR count). The highest BCUT2D eigenvalue weighted by molar-refractivity contribution is 6.62. The van der Waals surface area contributed by atoms with Crippen molar-refractivity contribution >= 4 is 40.4 Å². The Morgan fingerprint density at radius 3 is 2.62 bits per heavy atom. The molecule has 0 atom stereocenters. The van der Waals surface area contributed by atoms with Gasteiger partial charge in [-0.2, -0.15) is 0 Å². The van der Waals surface area contributed by atoms with Gasteiger partial charge in [0.05, 0.1) is 5.57 Å². The zero-order valence-electron chi connectivity index (χ0n) is 6.47. The third kappa shape index (κ3) is 1.32. The molecular formula is C9H5Cl2NO. The van der Waals surface area contributed by atoms with Crippen LogP contribution in [0.3, 0.4) is 0 Å². The largest absolute Gasteiger partial charge is 0.321 e. The van der Waals surface area contributed by atoms with Gasteiger partial charge in [0.2, 0.25) is 0 Å². The molecule has 0 spiro atoms. The minimum absolute atomic E-state index is 0.00227. The standard InChI is InChI=1S/C9H5Cl2NO/c10-8(11)7-5-3-1-2-4-6(5)12-9(7)13/h1-4H,(H,12,13). The Hall–Kier alpha value is -0.990. The summed E-state index contributed by atoms with van der Waals surface area (Å²) in [6, 6.07) is 7.27. The van der Waals surface area contributed by atoms with Gasteiger partial charge in [-0.3, -0.25) is 4.79 Å². The molecule has 1 aliphatic rings. The lowest BCUT2D eigenvalue weighted by molar-refractivity contribution is -0.110. The third-order valence-electron chi connectivity index (χ3n) is 1.86. The van der Waals surface area contributed by atoms with Crippen molar-refractivity contribution in [2.45, 2.75) is 0 Å². The van der Waals surface area contributed by atoms with Crippen LogP contribution in [-0.4, -0.2) is 5.91 Å². The van der Waals surface area contributed by atoms with Gasteiger partial charge in [0.1, 0.15) is 4.49 Å². The zero-order chi connectivity index (χ0) is 9.42. The van der Waals surface area contributed by atoms with Gasteiger partial charge in [-0.1, -0.05) is 41.4 Å². The van der Waals surface area contributed by atoms with Crippen molar-refractivity contribution in [2.24, 2.45) is 0 Å². The molecule has 1 aromatic rings. The molecule has 0 aromatic heterocycles. The number of benzene rings is 1. The molecule has 1 amide bonds. The van der Waals surface area contributed by atoms with E-state index in [9.17, 15) is 4.79 Å². The molecule has 0 aliphatic carbocycles. The summed E-state index contributed by atoms with van der Waals surface area (Å²) in [4.78, 5) is 11.3. The summed E-state index contributed by atoms with van der Waals surface area (Å²) in [5, 5.41) is 2.66. The van der Waals surface area contributed by atoms with Crippen molar-refractivity contribution in [1.29, 1.82) is 0 Å². The first-order valence-electron chi connectivity index (χ1n) is 3.66. The molecule has 0 bridgehead atoms. The first-order chi connectivity index (χ1) is 6.20. The first kappa shape index (κ1) is 8.60. The Morgan fingerprint density at radius 1 is 1.23 bits per heavy atom. The number of carbonyl (C=O) groups is 1. The molecule has 1 aliphatic heterocycles. The second-order valence-corrected chi connectivity index (χ2v) is 3.58. The minimum Gasteiger partial charge on any atom is -0.321 e. The van der Waals surface area contributed by atoms with Gasteiger partial charge in [-0.05, 0) is 6.07 Å². The number of nitrogens with one attached hydrogen (secondary N) is 1. The minimum atomic E-state index is -0.249. The van der Waals surface area contributed by atoms with Crippen LogP contribution in [0.4, 0.5) is 5.69 Å². The Balaban J connectivity index is 2.67. The molecule has 2 nitrogen and oxygen atoms in total. The highest BCUT2D eigenvalue weighted by atomic mass is 35.5. The number of carbonyl (C=O) groups excluding carboxylic acids is 1. The molecule has 0 fully saturated rings. The Morgan fingerprint density at radius 2 is 1.92 bits per heavy atom. The van der Waals surface area contributed by atoms with Gasteiger partial charge in [0.15, 0.2) is 0 Å². The number of amides is 1. The van der Waals surface area contributed by atoms with E-state index in [4.69, 9.17) is 23.2 Å². The van der Waals surface area contributed by atoms with Crippen LogP contribution in [-0.2, 0) is 4.79 Å². The summed E-state index contributed by atoms with van der Waals surface area (Å²) in [5.74, 6) is -0.249. The van der Waals surface area contributed by atoms with Crippen molar-refractivity contribution in [1.82, 2.24) is 0 Å². The highest BCUT2D eigenvalue weighted by Gasteiger charge is 2.25. The zero-order valence-corrected chi connectivity index (χ0v) is 7.99. The number of halogens is 2. The van der Waals surface area contributed by atoms with E-state index in [0.29, 0.717) is 5.57 Å². The Labute approximate surface area is 85.1 Å². The number of rotatable bonds is 0. The summed E-state index contributed by atoms with van der Waals surface area (Å²) in [7, 11) is 0. The van der Waals surface area contributed by atoms with Crippen LogP contribution in [0.25, 0.3) is 5.57 Å². The predicted octanol–water partition coefficient (Wildman–Crippen LogP) is 2.78. The summed E-state index contributed by atoms with van der Waals surface area (Å²) in [6.45, 7) is 0. The summed E-state index contributed by atoms with van der Waals surface area (Å²) >= 11 is 11.2. The summed E-state index contributed by atoms with van der Waals surface area (Å²) in [5.41, 5.74) is 1.85. The Kier molecular flexibility index (Phi) is 2.02. The lowest BCUT2D eigenvalue weighted by atomic mass is 10.1. The average Bonchev–Trinajstić information content (AvgIpc) is 2.39. The lowest BCUT2D eigenvalue weighted by Crippen LogP contribution is -2.03. The lowest BCUT2D eigenvalue weighted by Gasteiger charge is -1.95. The molecule has 4 heteroatoms. The van der Waals surface area contributed by atoms with Gasteiger partial charge in [-0.15, -0.1) is 0 Å². The van der Waals surface area contributed by atoms with Crippen molar-refractivity contribution in [3.63, 3.8) is 0 Å². The van der Waals surface area contributed by atoms with E-state index in [1.807, 2.05) is 12.1 Å². The SMILES string of the molecule is O=C1Nc2ccccc2C1=C(Cl)Cl. The first-order valence-corrected chi connectivity index (χ1v) is 4.42. The molecule has 13 heavy (non-hydrogen) atoms. The molecule has 66 valence electrons. The monoisotopic (exact) mass is 213 g/mol. The number of anilines is 1. The van der Waals surface area contributed by atoms with Crippen molar-refractivity contribution < 1.29 is 4.79 Å². The smallest absolute Gasteiger partial charge is 0.258 e. The average molecular weight is 214 g/mol. The molecule has 1 heterocycles. The maximum Gasteiger partial charge on any atom is 0.258 e. The van der Waals surface area contributed by atoms with Crippen molar-refractivity contribution in [3.05, 3.63) is 34.3 Å². The van der Waals surface area contributed by atoms with Crippen molar-refractivity contribution in [3.8, 4) is 0 Å². The van der Waals surface area contributed by atoms with Gasteiger partial charge < -0.3 is 5.32 Å². The number of fused-ring (bicyclic) bond motifs is 1. The molecule has 0 radical (unpaired) electrons. The fourth-order valence-corrected chi connectivity index (χ4v) is 1.68. The van der Waals surface area contributed by atoms with Gasteiger partial charge in [0.25, 0.3) is 5.91 Å². The van der Waals surface area contributed by atoms with Crippen LogP contribution < -0.4 is 5.32 Å². The van der Waals surface area contributed by atoms with Crippen LogP contribution >= 0.6 is 23.2 Å². The number of hydrogen-bond acceptors (Lipinski definition) is 1. The predicted molar refractivity (Wildman–Crippen MR) is 53.7 cm³/mol. The maximum absolute atomic E-state index is 11.3. The molecule has 1 aromatic carbocycles. The van der Waals surface area contributed by atoms with Gasteiger partial charge in [0, 0.05) is 11.3 Å². The van der Waals surface area contributed by atoms with E-state index < -0.39 is 0 Å². The molecular weight excluding hydrogens is 209 g/mol. The third-order valence-corrected chi connectivity index (χ3v) is 2.24. The Bertz CT molecular complexity index is 408. The number of hydrogen-bond donors (Lipinski definition) is 1. The second kappa shape index (κ2) is 3.05. The summed E-state index contributed by atoms with van der Waals surface area (Å²) in [6.07, 6.45) is 0. The quantitative estimate of drug-likeness (QED) is 0.661. The molecule has 0 saturated carbocycles. The van der Waals surface area contributed by atoms with E-state index in [2.05, 4.69) is 5.32 Å². The van der Waals surface area contributed by atoms with Crippen LogP contribution in [0.2, 0.25) is 0 Å². The summed E-state index contributed by atoms with van der Waals surface area (Å²) < 4.78 is 0.00227. The van der Waals surface area contributed by atoms with Crippen LogP contribution in [0, 0.1) is 0 Å². The topological polar surface area (TPSA) is 29.1 Å². The van der Waals surface area contributed by atoms with Gasteiger partial charge in [-0.25, -0.2) is 0 Å². The fourth-order valence-electron chi connectivity index (χ4n) is 1.30. The number of para-hydroxylation sites is 1. The van der Waals surface area contributed by atoms with E-state index in [1.54, 1.807) is 12.1 Å². The normalized spacial score (nSPS) is 14.0. The van der Waals surface area contributed by atoms with Crippen molar-refractivity contribution in [2.75, 3.05) is 5.32 Å². The maximum atomic E-state index is 11.3. The van der Waals surface area contributed by atoms with Crippen LogP contribution in [0.5, 0.6) is 0 Å². The fraction of sp³-hybridized carbons (Fsp3) is 0. The van der Waals surface area contributed by atoms with E-state index in [1.165, 1.54) is 0 Å².